The molecule has 2 heteroatoms. The van der Waals surface area contributed by atoms with Crippen LogP contribution in [0.25, 0.3) is 0 Å². The van der Waals surface area contributed by atoms with Gasteiger partial charge in [-0.15, -0.1) is 0 Å². The maximum absolute atomic E-state index is 6.44. The van der Waals surface area contributed by atoms with E-state index in [1.807, 2.05) is 19.1 Å². The molecule has 3 rings (SSSR count). The molecule has 0 amide bonds. The van der Waals surface area contributed by atoms with Crippen LogP contribution in [0.3, 0.4) is 0 Å². The summed E-state index contributed by atoms with van der Waals surface area (Å²) in [6.07, 6.45) is 1.18. The van der Waals surface area contributed by atoms with Gasteiger partial charge in [-0.2, -0.15) is 0 Å². The van der Waals surface area contributed by atoms with E-state index in [4.69, 9.17) is 10.5 Å². The first kappa shape index (κ1) is 13.2. The zero-order valence-corrected chi connectivity index (χ0v) is 11.8. The SMILES string of the molecule is CCOc1cccc(C(N)C2CC2c2ccccc2)c1. The molecular weight excluding hydrogens is 246 g/mol. The molecule has 104 valence electrons. The second kappa shape index (κ2) is 5.68. The van der Waals surface area contributed by atoms with Gasteiger partial charge in [0.2, 0.25) is 0 Å². The first-order chi connectivity index (χ1) is 9.79. The molecule has 1 aliphatic rings. The molecule has 0 aromatic heterocycles. The van der Waals surface area contributed by atoms with E-state index in [2.05, 4.69) is 42.5 Å². The van der Waals surface area contributed by atoms with Crippen LogP contribution in [0.2, 0.25) is 0 Å². The van der Waals surface area contributed by atoms with Gasteiger partial charge in [-0.05, 0) is 48.4 Å². The summed E-state index contributed by atoms with van der Waals surface area (Å²) in [4.78, 5) is 0. The lowest BCUT2D eigenvalue weighted by molar-refractivity contribution is 0.339. The number of hydrogen-bond donors (Lipinski definition) is 1. The highest BCUT2D eigenvalue weighted by Crippen LogP contribution is 2.53. The zero-order chi connectivity index (χ0) is 13.9. The topological polar surface area (TPSA) is 35.2 Å². The fourth-order valence-corrected chi connectivity index (χ4v) is 2.92. The van der Waals surface area contributed by atoms with Crippen molar-refractivity contribution in [3.8, 4) is 5.75 Å². The van der Waals surface area contributed by atoms with Crippen LogP contribution in [-0.2, 0) is 0 Å². The maximum Gasteiger partial charge on any atom is 0.119 e. The Labute approximate surface area is 120 Å². The molecule has 0 heterocycles. The highest BCUT2D eigenvalue weighted by atomic mass is 16.5. The van der Waals surface area contributed by atoms with Gasteiger partial charge in [0.1, 0.15) is 5.75 Å². The number of ether oxygens (including phenoxy) is 1. The predicted molar refractivity (Wildman–Crippen MR) is 81.8 cm³/mol. The molecule has 0 bridgehead atoms. The lowest BCUT2D eigenvalue weighted by Crippen LogP contribution is -2.13. The molecule has 2 aromatic rings. The number of benzene rings is 2. The first-order valence-corrected chi connectivity index (χ1v) is 7.33. The van der Waals surface area contributed by atoms with Crippen LogP contribution in [0.15, 0.2) is 54.6 Å². The largest absolute Gasteiger partial charge is 0.494 e. The molecule has 1 saturated carbocycles. The fourth-order valence-electron chi connectivity index (χ4n) is 2.92. The summed E-state index contributed by atoms with van der Waals surface area (Å²) >= 11 is 0. The van der Waals surface area contributed by atoms with Gasteiger partial charge in [0.05, 0.1) is 6.61 Å². The fraction of sp³-hybridized carbons (Fsp3) is 0.333. The van der Waals surface area contributed by atoms with Crippen molar-refractivity contribution in [2.75, 3.05) is 6.61 Å². The van der Waals surface area contributed by atoms with Crippen LogP contribution in [0.5, 0.6) is 5.75 Å². The van der Waals surface area contributed by atoms with E-state index >= 15 is 0 Å². The summed E-state index contributed by atoms with van der Waals surface area (Å²) in [5.41, 5.74) is 9.03. The second-order valence-corrected chi connectivity index (χ2v) is 5.45. The molecule has 0 spiro atoms. The average Bonchev–Trinajstić information content (AvgIpc) is 3.29. The third-order valence-electron chi connectivity index (χ3n) is 4.08. The monoisotopic (exact) mass is 267 g/mol. The average molecular weight is 267 g/mol. The minimum absolute atomic E-state index is 0.0978. The summed E-state index contributed by atoms with van der Waals surface area (Å²) in [6, 6.07) is 19.0. The van der Waals surface area contributed by atoms with E-state index in [-0.39, 0.29) is 6.04 Å². The lowest BCUT2D eigenvalue weighted by Gasteiger charge is -2.13. The Hall–Kier alpha value is -1.80. The summed E-state index contributed by atoms with van der Waals surface area (Å²) < 4.78 is 5.55. The number of rotatable bonds is 5. The van der Waals surface area contributed by atoms with Crippen molar-refractivity contribution in [2.45, 2.75) is 25.3 Å². The summed E-state index contributed by atoms with van der Waals surface area (Å²) in [6.45, 7) is 2.69. The Morgan fingerprint density at radius 1 is 1.15 bits per heavy atom. The van der Waals surface area contributed by atoms with E-state index in [1.165, 1.54) is 17.5 Å². The van der Waals surface area contributed by atoms with Crippen molar-refractivity contribution in [3.05, 3.63) is 65.7 Å². The quantitative estimate of drug-likeness (QED) is 0.892. The van der Waals surface area contributed by atoms with Crippen molar-refractivity contribution >= 4 is 0 Å². The Kier molecular flexibility index (Phi) is 3.75. The number of hydrogen-bond acceptors (Lipinski definition) is 2. The van der Waals surface area contributed by atoms with Crippen LogP contribution in [0, 0.1) is 5.92 Å². The normalized spacial score (nSPS) is 22.3. The van der Waals surface area contributed by atoms with Crippen LogP contribution in [0.1, 0.15) is 36.4 Å². The maximum atomic E-state index is 6.44. The van der Waals surface area contributed by atoms with Crippen molar-refractivity contribution in [3.63, 3.8) is 0 Å². The van der Waals surface area contributed by atoms with Crippen LogP contribution in [0.4, 0.5) is 0 Å². The molecule has 2 nitrogen and oxygen atoms in total. The summed E-state index contributed by atoms with van der Waals surface area (Å²) in [5, 5.41) is 0. The first-order valence-electron chi connectivity index (χ1n) is 7.33. The van der Waals surface area contributed by atoms with Gasteiger partial charge in [0.25, 0.3) is 0 Å². The third kappa shape index (κ3) is 2.70. The minimum Gasteiger partial charge on any atom is -0.494 e. The summed E-state index contributed by atoms with van der Waals surface area (Å²) in [5.74, 6) is 2.08. The standard InChI is InChI=1S/C18H21NO/c1-2-20-15-10-6-9-14(11-15)18(19)17-12-16(17)13-7-4-3-5-8-13/h3-11,16-18H,2,12,19H2,1H3. The highest BCUT2D eigenvalue weighted by Gasteiger charge is 2.42. The van der Waals surface area contributed by atoms with Crippen LogP contribution >= 0.6 is 0 Å². The molecule has 0 radical (unpaired) electrons. The van der Waals surface area contributed by atoms with Gasteiger partial charge in [0.15, 0.2) is 0 Å². The van der Waals surface area contributed by atoms with E-state index in [0.29, 0.717) is 18.4 Å². The molecule has 0 saturated heterocycles. The summed E-state index contributed by atoms with van der Waals surface area (Å²) in [7, 11) is 0. The molecule has 0 aliphatic heterocycles. The number of nitrogens with two attached hydrogens (primary N) is 1. The molecule has 3 unspecified atom stereocenters. The van der Waals surface area contributed by atoms with Crippen molar-refractivity contribution < 1.29 is 4.74 Å². The van der Waals surface area contributed by atoms with Gasteiger partial charge in [-0.1, -0.05) is 42.5 Å². The molecule has 1 fully saturated rings. The molecule has 1 aliphatic carbocycles. The second-order valence-electron chi connectivity index (χ2n) is 5.45. The molecular formula is C18H21NO. The Balaban J connectivity index is 1.71. The van der Waals surface area contributed by atoms with E-state index < -0.39 is 0 Å². The predicted octanol–water partition coefficient (Wildman–Crippen LogP) is 3.89. The molecule has 20 heavy (non-hydrogen) atoms. The highest BCUT2D eigenvalue weighted by molar-refractivity contribution is 5.34. The van der Waals surface area contributed by atoms with Gasteiger partial charge < -0.3 is 10.5 Å². The van der Waals surface area contributed by atoms with Gasteiger partial charge in [0, 0.05) is 6.04 Å². The smallest absolute Gasteiger partial charge is 0.119 e. The Morgan fingerprint density at radius 2 is 1.95 bits per heavy atom. The Morgan fingerprint density at radius 3 is 2.70 bits per heavy atom. The van der Waals surface area contributed by atoms with E-state index in [0.717, 1.165) is 5.75 Å². The van der Waals surface area contributed by atoms with Crippen molar-refractivity contribution in [2.24, 2.45) is 11.7 Å². The van der Waals surface area contributed by atoms with Crippen LogP contribution < -0.4 is 10.5 Å². The molecule has 2 aromatic carbocycles. The van der Waals surface area contributed by atoms with Crippen molar-refractivity contribution in [1.82, 2.24) is 0 Å². The third-order valence-corrected chi connectivity index (χ3v) is 4.08. The van der Waals surface area contributed by atoms with E-state index in [1.54, 1.807) is 0 Å². The van der Waals surface area contributed by atoms with E-state index in [9.17, 15) is 0 Å². The molecule has 2 N–H and O–H groups in total. The van der Waals surface area contributed by atoms with Crippen LogP contribution in [-0.4, -0.2) is 6.61 Å². The lowest BCUT2D eigenvalue weighted by atomic mass is 9.99. The zero-order valence-electron chi connectivity index (χ0n) is 11.8. The van der Waals surface area contributed by atoms with Crippen molar-refractivity contribution in [1.29, 1.82) is 0 Å². The van der Waals surface area contributed by atoms with Gasteiger partial charge in [-0.3, -0.25) is 0 Å². The minimum atomic E-state index is 0.0978. The van der Waals surface area contributed by atoms with Gasteiger partial charge >= 0.3 is 0 Å². The van der Waals surface area contributed by atoms with Gasteiger partial charge in [-0.25, -0.2) is 0 Å². The Bertz CT molecular complexity index is 567. The molecule has 3 atom stereocenters.